The van der Waals surface area contributed by atoms with Crippen LogP contribution in [0.1, 0.15) is 12.0 Å². The number of carbonyl (C=O) groups is 1. The van der Waals surface area contributed by atoms with Crippen LogP contribution in [-0.4, -0.2) is 11.1 Å². The Morgan fingerprint density at radius 1 is 1.50 bits per heavy atom. The lowest BCUT2D eigenvalue weighted by molar-refractivity contribution is -0.138. The number of carboxylic acid groups (broad SMARTS) is 1. The lowest BCUT2D eigenvalue weighted by atomic mass is 9.95. The molecule has 5 heteroatoms. The molecule has 82 valence electrons. The molecule has 1 aliphatic carbocycles. The molecule has 0 bridgehead atoms. The fourth-order valence-corrected chi connectivity index (χ4v) is 2.14. The Labute approximate surface area is 102 Å². The van der Waals surface area contributed by atoms with Crippen molar-refractivity contribution >= 4 is 29.2 Å². The molecule has 2 atom stereocenters. The second-order valence-corrected chi connectivity index (χ2v) is 4.62. The normalized spacial score (nSPS) is 27.2. The van der Waals surface area contributed by atoms with E-state index in [0.29, 0.717) is 22.0 Å². The minimum absolute atomic E-state index is 0.330. The number of carboxylic acids is 1. The minimum Gasteiger partial charge on any atom is -0.481 e. The van der Waals surface area contributed by atoms with Crippen LogP contribution in [0.4, 0.5) is 0 Å². The van der Waals surface area contributed by atoms with E-state index < -0.39 is 17.3 Å². The Hall–Kier alpha value is -1.24. The molecule has 3 nitrogen and oxygen atoms in total. The predicted molar refractivity (Wildman–Crippen MR) is 59.5 cm³/mol. The summed E-state index contributed by atoms with van der Waals surface area (Å²) < 4.78 is 0. The molecule has 16 heavy (non-hydrogen) atoms. The average molecular weight is 256 g/mol. The van der Waals surface area contributed by atoms with E-state index in [1.807, 2.05) is 0 Å². The van der Waals surface area contributed by atoms with Crippen molar-refractivity contribution in [2.45, 2.75) is 11.8 Å². The van der Waals surface area contributed by atoms with Gasteiger partial charge in [-0.05, 0) is 24.1 Å². The molecule has 0 spiro atoms. The minimum atomic E-state index is -0.951. The van der Waals surface area contributed by atoms with Crippen molar-refractivity contribution in [1.29, 1.82) is 5.26 Å². The number of hydrogen-bond acceptors (Lipinski definition) is 2. The van der Waals surface area contributed by atoms with Crippen molar-refractivity contribution in [3.05, 3.63) is 33.8 Å². The summed E-state index contributed by atoms with van der Waals surface area (Å²) in [6, 6.07) is 6.86. The van der Waals surface area contributed by atoms with Gasteiger partial charge >= 0.3 is 5.97 Å². The summed E-state index contributed by atoms with van der Waals surface area (Å²) in [4.78, 5) is 10.9. The van der Waals surface area contributed by atoms with E-state index in [-0.39, 0.29) is 0 Å². The van der Waals surface area contributed by atoms with E-state index in [1.165, 1.54) is 0 Å². The molecular weight excluding hydrogens is 249 g/mol. The molecule has 1 fully saturated rings. The van der Waals surface area contributed by atoms with Crippen LogP contribution in [-0.2, 0) is 10.2 Å². The Balaban J connectivity index is 2.42. The van der Waals surface area contributed by atoms with Crippen LogP contribution in [0.2, 0.25) is 10.0 Å². The molecule has 0 saturated heterocycles. The van der Waals surface area contributed by atoms with Crippen molar-refractivity contribution in [1.82, 2.24) is 0 Å². The lowest BCUT2D eigenvalue weighted by Crippen LogP contribution is -2.12. The van der Waals surface area contributed by atoms with E-state index in [9.17, 15) is 4.79 Å². The molecule has 0 heterocycles. The zero-order valence-electron chi connectivity index (χ0n) is 8.08. The topological polar surface area (TPSA) is 61.1 Å². The number of aliphatic carboxylic acids is 1. The molecule has 1 saturated carbocycles. The van der Waals surface area contributed by atoms with Crippen LogP contribution < -0.4 is 0 Å². The third kappa shape index (κ3) is 1.55. The van der Waals surface area contributed by atoms with Gasteiger partial charge < -0.3 is 5.11 Å². The summed E-state index contributed by atoms with van der Waals surface area (Å²) >= 11 is 11.6. The summed E-state index contributed by atoms with van der Waals surface area (Å²) in [6.45, 7) is 0. The monoisotopic (exact) mass is 255 g/mol. The van der Waals surface area contributed by atoms with Gasteiger partial charge in [0.25, 0.3) is 0 Å². The zero-order chi connectivity index (χ0) is 11.9. The van der Waals surface area contributed by atoms with Crippen molar-refractivity contribution in [3.63, 3.8) is 0 Å². The highest BCUT2D eigenvalue weighted by Gasteiger charge is 2.60. The average Bonchev–Trinajstić information content (AvgIpc) is 2.98. The fraction of sp³-hybridized carbons (Fsp3) is 0.273. The Kier molecular flexibility index (Phi) is 2.57. The predicted octanol–water partition coefficient (Wildman–Crippen LogP) is 2.86. The van der Waals surface area contributed by atoms with Gasteiger partial charge in [-0.2, -0.15) is 5.26 Å². The molecule has 1 unspecified atom stereocenters. The van der Waals surface area contributed by atoms with Gasteiger partial charge in [-0.1, -0.05) is 29.3 Å². The summed E-state index contributed by atoms with van der Waals surface area (Å²) in [7, 11) is 0. The van der Waals surface area contributed by atoms with Crippen molar-refractivity contribution in [3.8, 4) is 6.07 Å². The highest BCUT2D eigenvalue weighted by molar-refractivity contribution is 6.42. The third-order valence-electron chi connectivity index (χ3n) is 2.89. The second-order valence-electron chi connectivity index (χ2n) is 3.81. The Bertz CT molecular complexity index is 509. The van der Waals surface area contributed by atoms with Crippen molar-refractivity contribution < 1.29 is 9.90 Å². The van der Waals surface area contributed by atoms with Gasteiger partial charge in [0, 0.05) is 0 Å². The first kappa shape index (κ1) is 11.3. The first-order chi connectivity index (χ1) is 7.51. The maximum Gasteiger partial charge on any atom is 0.308 e. The summed E-state index contributed by atoms with van der Waals surface area (Å²) in [5.74, 6) is -1.60. The van der Waals surface area contributed by atoms with Crippen molar-refractivity contribution in [2.75, 3.05) is 0 Å². The van der Waals surface area contributed by atoms with Gasteiger partial charge in [-0.25, -0.2) is 0 Å². The molecule has 1 aromatic carbocycles. The van der Waals surface area contributed by atoms with Crippen LogP contribution in [0.3, 0.4) is 0 Å². The lowest BCUT2D eigenvalue weighted by Gasteiger charge is -2.08. The summed E-state index contributed by atoms with van der Waals surface area (Å²) in [5.41, 5.74) is -0.308. The van der Waals surface area contributed by atoms with Crippen LogP contribution in [0.15, 0.2) is 18.2 Å². The summed E-state index contributed by atoms with van der Waals surface area (Å²) in [6.07, 6.45) is 0.330. The highest BCUT2D eigenvalue weighted by atomic mass is 35.5. The molecule has 0 amide bonds. The maximum absolute atomic E-state index is 10.9. The van der Waals surface area contributed by atoms with Gasteiger partial charge in [0.1, 0.15) is 0 Å². The first-order valence-electron chi connectivity index (χ1n) is 4.61. The Morgan fingerprint density at radius 2 is 2.19 bits per heavy atom. The molecular formula is C11H7Cl2NO2. The van der Waals surface area contributed by atoms with Gasteiger partial charge in [0.05, 0.1) is 27.4 Å². The molecule has 0 radical (unpaired) electrons. The molecule has 1 aliphatic rings. The highest BCUT2D eigenvalue weighted by Crippen LogP contribution is 2.54. The number of hydrogen-bond donors (Lipinski definition) is 1. The second kappa shape index (κ2) is 3.65. The first-order valence-corrected chi connectivity index (χ1v) is 5.36. The summed E-state index contributed by atoms with van der Waals surface area (Å²) in [5, 5.41) is 18.7. The van der Waals surface area contributed by atoms with E-state index in [4.69, 9.17) is 33.6 Å². The van der Waals surface area contributed by atoms with Crippen LogP contribution in [0.5, 0.6) is 0 Å². The number of nitrogens with zero attached hydrogens (tertiary/aromatic N) is 1. The number of halogens is 2. The molecule has 1 N–H and O–H groups in total. The van der Waals surface area contributed by atoms with Gasteiger partial charge in [-0.15, -0.1) is 0 Å². The van der Waals surface area contributed by atoms with E-state index in [2.05, 4.69) is 6.07 Å². The standard InChI is InChI=1S/C11H7Cl2NO2/c12-8-2-1-6(3-9(8)13)11(5-14)4-7(11)10(15)16/h1-3,7H,4H2,(H,15,16)/t7?,11-/m1/s1. The van der Waals surface area contributed by atoms with Crippen LogP contribution in [0, 0.1) is 17.2 Å². The number of rotatable bonds is 2. The van der Waals surface area contributed by atoms with Crippen LogP contribution >= 0.6 is 23.2 Å². The van der Waals surface area contributed by atoms with Crippen LogP contribution in [0.25, 0.3) is 0 Å². The molecule has 2 rings (SSSR count). The number of nitriles is 1. The largest absolute Gasteiger partial charge is 0.481 e. The Morgan fingerprint density at radius 3 is 2.62 bits per heavy atom. The fourth-order valence-electron chi connectivity index (χ4n) is 1.84. The molecule has 0 aliphatic heterocycles. The quantitative estimate of drug-likeness (QED) is 0.884. The molecule has 1 aromatic rings. The third-order valence-corrected chi connectivity index (χ3v) is 3.63. The van der Waals surface area contributed by atoms with E-state index >= 15 is 0 Å². The maximum atomic E-state index is 10.9. The van der Waals surface area contributed by atoms with Crippen molar-refractivity contribution in [2.24, 2.45) is 5.92 Å². The smallest absolute Gasteiger partial charge is 0.308 e. The zero-order valence-corrected chi connectivity index (χ0v) is 9.59. The SMILES string of the molecule is N#C[C@@]1(c2ccc(Cl)c(Cl)c2)CC1C(=O)O. The van der Waals surface area contributed by atoms with E-state index in [1.54, 1.807) is 18.2 Å². The molecule has 0 aromatic heterocycles. The van der Waals surface area contributed by atoms with Gasteiger partial charge in [0.2, 0.25) is 0 Å². The number of benzene rings is 1. The van der Waals surface area contributed by atoms with Gasteiger partial charge in [0.15, 0.2) is 0 Å². The van der Waals surface area contributed by atoms with Gasteiger partial charge in [-0.3, -0.25) is 4.79 Å². The van der Waals surface area contributed by atoms with E-state index in [0.717, 1.165) is 0 Å².